The number of carboxylic acids is 1. The molecule has 6 unspecified atom stereocenters. The van der Waals surface area contributed by atoms with E-state index in [2.05, 4.69) is 62.5 Å². The van der Waals surface area contributed by atoms with Crippen LogP contribution in [0.1, 0.15) is 194 Å². The van der Waals surface area contributed by atoms with Gasteiger partial charge < -0.3 is 39.4 Å². The zero-order chi connectivity index (χ0) is 43.9. The molecule has 0 spiro atoms. The van der Waals surface area contributed by atoms with Crippen molar-refractivity contribution in [3.63, 3.8) is 0 Å². The lowest BCUT2D eigenvalue weighted by molar-refractivity contribution is -0.298. The molecule has 1 fully saturated rings. The summed E-state index contributed by atoms with van der Waals surface area (Å²) in [5, 5.41) is 39.9. The van der Waals surface area contributed by atoms with Crippen LogP contribution in [0.3, 0.4) is 0 Å². The van der Waals surface area contributed by atoms with Gasteiger partial charge in [-0.1, -0.05) is 159 Å². The summed E-state index contributed by atoms with van der Waals surface area (Å²) in [7, 11) is 0. The number of ether oxygens (including phenoxy) is 4. The first-order valence-corrected chi connectivity index (χ1v) is 23.7. The molecule has 0 aromatic carbocycles. The fraction of sp³-hybridized carbons (Fsp3) is 0.776. The molecular formula is C49H84O11. The van der Waals surface area contributed by atoms with Crippen molar-refractivity contribution in [3.05, 3.63) is 48.6 Å². The van der Waals surface area contributed by atoms with E-state index in [1.54, 1.807) is 0 Å². The Morgan fingerprint density at radius 3 is 1.50 bits per heavy atom. The van der Waals surface area contributed by atoms with Crippen LogP contribution in [-0.4, -0.2) is 88.4 Å². The summed E-state index contributed by atoms with van der Waals surface area (Å²) in [5.41, 5.74) is 0. The molecule has 346 valence electrons. The van der Waals surface area contributed by atoms with Crippen molar-refractivity contribution in [2.75, 3.05) is 13.2 Å². The summed E-state index contributed by atoms with van der Waals surface area (Å²) in [5.74, 6) is -2.46. The highest BCUT2D eigenvalue weighted by Gasteiger charge is 2.47. The van der Waals surface area contributed by atoms with Gasteiger partial charge in [-0.2, -0.15) is 0 Å². The van der Waals surface area contributed by atoms with Gasteiger partial charge in [0.1, 0.15) is 24.9 Å². The number of carbonyl (C=O) groups is 3. The second-order valence-electron chi connectivity index (χ2n) is 16.2. The van der Waals surface area contributed by atoms with E-state index in [1.165, 1.54) is 77.0 Å². The molecule has 1 aliphatic rings. The molecule has 1 heterocycles. The third-order valence-corrected chi connectivity index (χ3v) is 10.7. The highest BCUT2D eigenvalue weighted by atomic mass is 16.7. The molecule has 4 N–H and O–H groups in total. The number of unbranched alkanes of at least 4 members (excludes halogenated alkanes) is 20. The van der Waals surface area contributed by atoms with Crippen molar-refractivity contribution < 1.29 is 53.8 Å². The van der Waals surface area contributed by atoms with Crippen LogP contribution in [0, 0.1) is 0 Å². The van der Waals surface area contributed by atoms with E-state index >= 15 is 0 Å². The Balaban J connectivity index is 2.35. The standard InChI is InChI=1S/C49H84O11/c1-3-5-7-9-11-13-15-17-19-21-23-25-27-29-31-33-35-37-42(50)57-39-41(40-58-49-46(54)44(52)45(53)47(60-49)48(55)56)59-43(51)38-36-34-32-30-28-26-24-22-20-18-16-14-12-10-8-6-4-2/h5,7,11,13,17-20,41,44-47,49,52-54H,3-4,6,8-10,12,14-16,21-40H2,1-2H3,(H,55,56)/b7-5-,13-11-,19-17-,20-18-. The van der Waals surface area contributed by atoms with E-state index in [0.29, 0.717) is 12.8 Å². The van der Waals surface area contributed by atoms with Gasteiger partial charge in [-0.05, 0) is 70.6 Å². The Labute approximate surface area is 363 Å². The smallest absolute Gasteiger partial charge is 0.335 e. The van der Waals surface area contributed by atoms with Crippen LogP contribution in [0.15, 0.2) is 48.6 Å². The van der Waals surface area contributed by atoms with Crippen molar-refractivity contribution >= 4 is 17.9 Å². The van der Waals surface area contributed by atoms with Gasteiger partial charge in [0.25, 0.3) is 0 Å². The van der Waals surface area contributed by atoms with E-state index < -0.39 is 61.3 Å². The maximum Gasteiger partial charge on any atom is 0.335 e. The Kier molecular flexibility index (Phi) is 35.9. The van der Waals surface area contributed by atoms with E-state index in [1.807, 2.05) is 0 Å². The highest BCUT2D eigenvalue weighted by Crippen LogP contribution is 2.23. The topological polar surface area (TPSA) is 169 Å². The highest BCUT2D eigenvalue weighted by molar-refractivity contribution is 5.73. The van der Waals surface area contributed by atoms with Gasteiger partial charge in [0.15, 0.2) is 18.5 Å². The van der Waals surface area contributed by atoms with Crippen LogP contribution in [-0.2, 0) is 33.3 Å². The summed E-state index contributed by atoms with van der Waals surface area (Å²) in [6.07, 6.45) is 37.3. The SMILES string of the molecule is CC/C=C\C/C=C\C/C=C\CCCCCCCCCC(=O)OCC(COC1OC(C(=O)O)C(O)C(O)C1O)OC(=O)CCCCCCCCC/C=C\CCCCCCCC. The van der Waals surface area contributed by atoms with Crippen LogP contribution in [0.4, 0.5) is 0 Å². The Morgan fingerprint density at radius 1 is 0.533 bits per heavy atom. The third-order valence-electron chi connectivity index (χ3n) is 10.7. The van der Waals surface area contributed by atoms with Crippen LogP contribution in [0.5, 0.6) is 0 Å². The normalized spacial score (nSPS) is 20.2. The fourth-order valence-corrected chi connectivity index (χ4v) is 6.95. The molecule has 1 rings (SSSR count). The zero-order valence-corrected chi connectivity index (χ0v) is 37.4. The van der Waals surface area contributed by atoms with Crippen LogP contribution >= 0.6 is 0 Å². The van der Waals surface area contributed by atoms with Gasteiger partial charge in [-0.25, -0.2) is 4.79 Å². The van der Waals surface area contributed by atoms with Crippen LogP contribution in [0.2, 0.25) is 0 Å². The molecular weight excluding hydrogens is 765 g/mol. The van der Waals surface area contributed by atoms with Crippen molar-refractivity contribution in [1.29, 1.82) is 0 Å². The lowest BCUT2D eigenvalue weighted by atomic mass is 9.99. The van der Waals surface area contributed by atoms with Crippen LogP contribution in [0.25, 0.3) is 0 Å². The zero-order valence-electron chi connectivity index (χ0n) is 37.4. The number of carbonyl (C=O) groups excluding carboxylic acids is 2. The molecule has 11 heteroatoms. The number of allylic oxidation sites excluding steroid dienone is 8. The van der Waals surface area contributed by atoms with Crippen molar-refractivity contribution in [1.82, 2.24) is 0 Å². The maximum absolute atomic E-state index is 12.8. The Morgan fingerprint density at radius 2 is 0.983 bits per heavy atom. The molecule has 6 atom stereocenters. The first kappa shape index (κ1) is 55.2. The fourth-order valence-electron chi connectivity index (χ4n) is 6.95. The number of aliphatic hydroxyl groups is 3. The maximum atomic E-state index is 12.8. The summed E-state index contributed by atoms with van der Waals surface area (Å²) in [6, 6.07) is 0. The quantitative estimate of drug-likeness (QED) is 0.0264. The number of aliphatic hydroxyl groups excluding tert-OH is 3. The van der Waals surface area contributed by atoms with E-state index in [0.717, 1.165) is 77.0 Å². The lowest BCUT2D eigenvalue weighted by Gasteiger charge is -2.38. The molecule has 60 heavy (non-hydrogen) atoms. The molecule has 1 aliphatic heterocycles. The minimum absolute atomic E-state index is 0.175. The number of aliphatic carboxylic acids is 1. The van der Waals surface area contributed by atoms with Gasteiger partial charge in [-0.3, -0.25) is 9.59 Å². The van der Waals surface area contributed by atoms with Crippen molar-refractivity contribution in [3.8, 4) is 0 Å². The van der Waals surface area contributed by atoms with E-state index in [-0.39, 0.29) is 19.4 Å². The minimum Gasteiger partial charge on any atom is -0.479 e. The van der Waals surface area contributed by atoms with Crippen LogP contribution < -0.4 is 0 Å². The average molecular weight is 849 g/mol. The summed E-state index contributed by atoms with van der Waals surface area (Å²) >= 11 is 0. The van der Waals surface area contributed by atoms with Crippen molar-refractivity contribution in [2.45, 2.75) is 230 Å². The number of hydrogen-bond donors (Lipinski definition) is 4. The first-order chi connectivity index (χ1) is 29.2. The van der Waals surface area contributed by atoms with Crippen molar-refractivity contribution in [2.24, 2.45) is 0 Å². The lowest BCUT2D eigenvalue weighted by Crippen LogP contribution is -2.60. The first-order valence-electron chi connectivity index (χ1n) is 23.7. The molecule has 0 aromatic rings. The number of hydrogen-bond acceptors (Lipinski definition) is 10. The molecule has 0 radical (unpaired) electrons. The van der Waals surface area contributed by atoms with Gasteiger partial charge >= 0.3 is 17.9 Å². The summed E-state index contributed by atoms with van der Waals surface area (Å²) in [6.45, 7) is 3.69. The average Bonchev–Trinajstić information content (AvgIpc) is 3.23. The minimum atomic E-state index is -1.86. The second kappa shape index (κ2) is 39.0. The number of esters is 2. The van der Waals surface area contributed by atoms with Gasteiger partial charge in [0.2, 0.25) is 0 Å². The predicted molar refractivity (Wildman–Crippen MR) is 238 cm³/mol. The number of carboxylic acid groups (broad SMARTS) is 1. The predicted octanol–water partition coefficient (Wildman–Crippen LogP) is 10.5. The molecule has 0 saturated carbocycles. The van der Waals surface area contributed by atoms with E-state index in [4.69, 9.17) is 18.9 Å². The third kappa shape index (κ3) is 30.2. The van der Waals surface area contributed by atoms with Gasteiger partial charge in [0.05, 0.1) is 6.61 Å². The second-order valence-corrected chi connectivity index (χ2v) is 16.2. The summed E-state index contributed by atoms with van der Waals surface area (Å²) < 4.78 is 21.8. The molecule has 0 bridgehead atoms. The van der Waals surface area contributed by atoms with Gasteiger partial charge in [-0.15, -0.1) is 0 Å². The van der Waals surface area contributed by atoms with Gasteiger partial charge in [0, 0.05) is 12.8 Å². The molecule has 0 aliphatic carbocycles. The molecule has 1 saturated heterocycles. The molecule has 0 aromatic heterocycles. The number of rotatable bonds is 39. The Bertz CT molecular complexity index is 1180. The van der Waals surface area contributed by atoms with E-state index in [9.17, 15) is 34.8 Å². The molecule has 11 nitrogen and oxygen atoms in total. The largest absolute Gasteiger partial charge is 0.479 e. The molecule has 0 amide bonds. The monoisotopic (exact) mass is 849 g/mol. The summed E-state index contributed by atoms with van der Waals surface area (Å²) in [4.78, 5) is 36.9. The Hall–Kier alpha value is -2.83.